The van der Waals surface area contributed by atoms with Gasteiger partial charge in [0.2, 0.25) is 11.8 Å². The molecule has 1 aliphatic carbocycles. The Hall–Kier alpha value is -4.08. The number of aryl methyl sites for hydroxylation is 1. The molecule has 0 heterocycles. The largest absolute Gasteiger partial charge is 0.507 e. The van der Waals surface area contributed by atoms with E-state index >= 15 is 0 Å². The van der Waals surface area contributed by atoms with E-state index in [-0.39, 0.29) is 29.7 Å². The van der Waals surface area contributed by atoms with E-state index in [1.54, 1.807) is 80.5 Å². The molecule has 2 aromatic rings. The summed E-state index contributed by atoms with van der Waals surface area (Å²) in [5.41, 5.74) is -0.0386. The Bertz CT molecular complexity index is 1370. The van der Waals surface area contributed by atoms with Gasteiger partial charge < -0.3 is 30.1 Å². The topological polar surface area (TPSA) is 134 Å². The number of benzene rings is 2. The van der Waals surface area contributed by atoms with Gasteiger partial charge in [0, 0.05) is 18.0 Å². The number of ether oxygens (including phenoxy) is 2. The molecule has 1 aliphatic rings. The summed E-state index contributed by atoms with van der Waals surface area (Å²) in [7, 11) is 0. The first-order chi connectivity index (χ1) is 21.4. The molecule has 1 fully saturated rings. The molecule has 3 atom stereocenters. The number of nitrogens with zero attached hydrogens (tertiary/aromatic N) is 1. The summed E-state index contributed by atoms with van der Waals surface area (Å²) in [6.07, 6.45) is 1.53. The van der Waals surface area contributed by atoms with Crippen molar-refractivity contribution in [2.24, 2.45) is 5.92 Å². The summed E-state index contributed by atoms with van der Waals surface area (Å²) in [6, 6.07) is 10.5. The molecule has 0 saturated heterocycles. The number of aromatic hydroxyl groups is 1. The molecule has 10 nitrogen and oxygen atoms in total. The quantitative estimate of drug-likeness (QED) is 0.268. The molecule has 0 radical (unpaired) electrons. The summed E-state index contributed by atoms with van der Waals surface area (Å²) in [4.78, 5) is 56.9. The Kier molecular flexibility index (Phi) is 11.9. The fourth-order valence-corrected chi connectivity index (χ4v) is 5.28. The number of para-hydroxylation sites is 1. The zero-order valence-corrected chi connectivity index (χ0v) is 28.7. The highest BCUT2D eigenvalue weighted by Crippen LogP contribution is 2.38. The van der Waals surface area contributed by atoms with Crippen LogP contribution in [0, 0.1) is 12.8 Å². The molecule has 10 heteroatoms. The summed E-state index contributed by atoms with van der Waals surface area (Å²) in [5, 5.41) is 16.9. The van der Waals surface area contributed by atoms with Gasteiger partial charge in [0.25, 0.3) is 0 Å². The third kappa shape index (κ3) is 9.96. The second kappa shape index (κ2) is 15.0. The van der Waals surface area contributed by atoms with Gasteiger partial charge in [-0.15, -0.1) is 0 Å². The molecule has 46 heavy (non-hydrogen) atoms. The van der Waals surface area contributed by atoms with Gasteiger partial charge in [-0.05, 0) is 84.8 Å². The average molecular weight is 638 g/mol. The molecular weight excluding hydrogens is 586 g/mol. The number of phenolic OH excluding ortho intramolecular Hbond substituents is 1. The monoisotopic (exact) mass is 637 g/mol. The van der Waals surface area contributed by atoms with Crippen molar-refractivity contribution in [1.82, 2.24) is 15.5 Å². The number of hydrogen-bond acceptors (Lipinski definition) is 7. The van der Waals surface area contributed by atoms with Gasteiger partial charge in [-0.2, -0.15) is 0 Å². The molecule has 1 saturated carbocycles. The van der Waals surface area contributed by atoms with Crippen molar-refractivity contribution < 1.29 is 33.8 Å². The normalized spacial score (nSPS) is 15.6. The Balaban J connectivity index is 2.10. The molecule has 3 unspecified atom stereocenters. The summed E-state index contributed by atoms with van der Waals surface area (Å²) < 4.78 is 11.2. The maximum absolute atomic E-state index is 14.5. The van der Waals surface area contributed by atoms with Crippen molar-refractivity contribution in [3.8, 4) is 5.75 Å². The molecule has 3 N–H and O–H groups in total. The number of carbonyl (C=O) groups is 4. The lowest BCUT2D eigenvalue weighted by molar-refractivity contribution is -0.159. The molecule has 252 valence electrons. The van der Waals surface area contributed by atoms with Crippen LogP contribution in [-0.2, 0) is 30.3 Å². The minimum Gasteiger partial charge on any atom is -0.507 e. The Morgan fingerprint density at radius 2 is 1.50 bits per heavy atom. The lowest BCUT2D eigenvalue weighted by Crippen LogP contribution is -2.59. The molecule has 0 spiro atoms. The van der Waals surface area contributed by atoms with Crippen LogP contribution >= 0.6 is 0 Å². The van der Waals surface area contributed by atoms with Crippen LogP contribution in [0.5, 0.6) is 5.75 Å². The van der Waals surface area contributed by atoms with Gasteiger partial charge in [0.05, 0.1) is 0 Å². The van der Waals surface area contributed by atoms with Crippen LogP contribution in [0.2, 0.25) is 0 Å². The molecule has 0 bridgehead atoms. The van der Waals surface area contributed by atoms with Crippen molar-refractivity contribution in [2.75, 3.05) is 0 Å². The molecule has 2 aromatic carbocycles. The smallest absolute Gasteiger partial charge is 0.408 e. The predicted molar refractivity (Wildman–Crippen MR) is 176 cm³/mol. The fourth-order valence-electron chi connectivity index (χ4n) is 5.28. The highest BCUT2D eigenvalue weighted by molar-refractivity contribution is 5.94. The number of hydrogen-bond donors (Lipinski definition) is 3. The maximum atomic E-state index is 14.5. The standard InChI is InChI=1S/C36H51N3O7/c1-22(2)28(38-34(44)46-36(7,8)9)32(42)39(25-18-14-19-25)29(26-20-13-15-23(3)30(26)40)31(41)37-27(33(43)45-35(4,5)6)21-24-16-11-10-12-17-24/h10-13,15-17,20,22,25,27-29,40H,14,18-19,21H2,1-9H3,(H,37,41)(H,38,44). The minimum atomic E-state index is -1.31. The first-order valence-electron chi connectivity index (χ1n) is 16.0. The van der Waals surface area contributed by atoms with Crippen LogP contribution in [0.3, 0.4) is 0 Å². The van der Waals surface area contributed by atoms with Crippen molar-refractivity contribution >= 4 is 23.9 Å². The second-order valence-electron chi connectivity index (χ2n) is 14.4. The van der Waals surface area contributed by atoms with Crippen molar-refractivity contribution in [2.45, 2.75) is 123 Å². The highest BCUT2D eigenvalue weighted by Gasteiger charge is 2.44. The second-order valence-corrected chi connectivity index (χ2v) is 14.4. The van der Waals surface area contributed by atoms with Crippen LogP contribution < -0.4 is 10.6 Å². The predicted octanol–water partition coefficient (Wildman–Crippen LogP) is 5.74. The van der Waals surface area contributed by atoms with Crippen LogP contribution in [0.1, 0.15) is 97.4 Å². The lowest BCUT2D eigenvalue weighted by atomic mass is 9.86. The van der Waals surface area contributed by atoms with E-state index in [0.717, 1.165) is 12.0 Å². The van der Waals surface area contributed by atoms with E-state index in [9.17, 15) is 24.3 Å². The van der Waals surface area contributed by atoms with Crippen LogP contribution in [-0.4, -0.2) is 63.2 Å². The van der Waals surface area contributed by atoms with Gasteiger partial charge in [0.1, 0.15) is 35.1 Å². The summed E-state index contributed by atoms with van der Waals surface area (Å²) in [6.45, 7) is 15.8. The zero-order valence-electron chi connectivity index (χ0n) is 28.7. The number of amides is 3. The average Bonchev–Trinajstić information content (AvgIpc) is 2.90. The lowest BCUT2D eigenvalue weighted by Gasteiger charge is -2.44. The summed E-state index contributed by atoms with van der Waals surface area (Å²) >= 11 is 0. The fraction of sp³-hybridized carbons (Fsp3) is 0.556. The van der Waals surface area contributed by atoms with Gasteiger partial charge in [-0.3, -0.25) is 9.59 Å². The zero-order chi connectivity index (χ0) is 34.4. The Morgan fingerprint density at radius 1 is 0.891 bits per heavy atom. The SMILES string of the molecule is Cc1cccc(C(C(=O)NC(Cc2ccccc2)C(=O)OC(C)(C)C)N(C(=O)C(NC(=O)OC(C)(C)C)C(C)C)C2CCC2)c1O. The van der Waals surface area contributed by atoms with E-state index in [1.165, 1.54) is 4.90 Å². The Morgan fingerprint density at radius 3 is 2.02 bits per heavy atom. The van der Waals surface area contributed by atoms with Crippen LogP contribution in [0.15, 0.2) is 48.5 Å². The Labute approximate surface area is 273 Å². The van der Waals surface area contributed by atoms with Crippen molar-refractivity contribution in [3.63, 3.8) is 0 Å². The van der Waals surface area contributed by atoms with Gasteiger partial charge in [-0.1, -0.05) is 62.4 Å². The molecule has 0 aliphatic heterocycles. The van der Waals surface area contributed by atoms with Gasteiger partial charge in [0.15, 0.2) is 0 Å². The van der Waals surface area contributed by atoms with E-state index in [4.69, 9.17) is 9.47 Å². The van der Waals surface area contributed by atoms with Crippen molar-refractivity contribution in [3.05, 3.63) is 65.2 Å². The number of esters is 1. The summed E-state index contributed by atoms with van der Waals surface area (Å²) in [5.74, 6) is -2.23. The number of alkyl carbamates (subject to hydrolysis) is 1. The number of rotatable bonds is 11. The number of phenols is 1. The molecule has 3 amide bonds. The highest BCUT2D eigenvalue weighted by atomic mass is 16.6. The van der Waals surface area contributed by atoms with Crippen LogP contribution in [0.4, 0.5) is 4.79 Å². The number of nitrogens with one attached hydrogen (secondary N) is 2. The van der Waals surface area contributed by atoms with Gasteiger partial charge in [-0.25, -0.2) is 9.59 Å². The van der Waals surface area contributed by atoms with Crippen molar-refractivity contribution in [1.29, 1.82) is 0 Å². The van der Waals surface area contributed by atoms with E-state index < -0.39 is 53.2 Å². The first-order valence-corrected chi connectivity index (χ1v) is 16.0. The van der Waals surface area contributed by atoms with Gasteiger partial charge >= 0.3 is 12.1 Å². The minimum absolute atomic E-state index is 0.127. The third-order valence-electron chi connectivity index (χ3n) is 7.71. The van der Waals surface area contributed by atoms with E-state index in [1.807, 2.05) is 30.3 Å². The molecule has 3 rings (SSSR count). The van der Waals surface area contributed by atoms with Crippen LogP contribution in [0.25, 0.3) is 0 Å². The first kappa shape index (κ1) is 36.4. The number of carbonyl (C=O) groups excluding carboxylic acids is 4. The maximum Gasteiger partial charge on any atom is 0.408 e. The molecular formula is C36H51N3O7. The van der Waals surface area contributed by atoms with E-state index in [0.29, 0.717) is 18.4 Å². The third-order valence-corrected chi connectivity index (χ3v) is 7.71. The van der Waals surface area contributed by atoms with E-state index in [2.05, 4.69) is 10.6 Å². The molecule has 0 aromatic heterocycles.